The quantitative estimate of drug-likeness (QED) is 0.833. The molecule has 1 unspecified atom stereocenters. The lowest BCUT2D eigenvalue weighted by Gasteiger charge is -2.05. The van der Waals surface area contributed by atoms with Crippen LogP contribution in [0.1, 0.15) is 30.8 Å². The molecule has 0 saturated heterocycles. The van der Waals surface area contributed by atoms with E-state index >= 15 is 0 Å². The Hall–Kier alpha value is -1.71. The summed E-state index contributed by atoms with van der Waals surface area (Å²) in [6.07, 6.45) is 0.600. The molecule has 0 N–H and O–H groups in total. The molecule has 1 atom stereocenters. The maximum Gasteiger partial charge on any atom is 0.269 e. The average Bonchev–Trinajstić information content (AvgIpc) is 2.98. The van der Waals surface area contributed by atoms with Crippen molar-refractivity contribution in [3.63, 3.8) is 0 Å². The summed E-state index contributed by atoms with van der Waals surface area (Å²) in [4.78, 5) is 4.97. The molecule has 6 heteroatoms. The first-order valence-electron chi connectivity index (χ1n) is 5.14. The molecule has 0 spiro atoms. The van der Waals surface area contributed by atoms with E-state index < -0.39 is 0 Å². The summed E-state index contributed by atoms with van der Waals surface area (Å²) >= 11 is 1.41. The highest BCUT2D eigenvalue weighted by molar-refractivity contribution is 7.13. The van der Waals surface area contributed by atoms with Gasteiger partial charge in [-0.3, -0.25) is 0 Å². The van der Waals surface area contributed by atoms with Gasteiger partial charge in [0, 0.05) is 7.11 Å². The zero-order valence-electron chi connectivity index (χ0n) is 9.51. The lowest BCUT2D eigenvalue weighted by molar-refractivity contribution is 0.0903. The minimum absolute atomic E-state index is 0.169. The molecule has 88 valence electrons. The number of nitrogens with zero attached hydrogens (tertiary/aromatic N) is 3. The van der Waals surface area contributed by atoms with Gasteiger partial charge in [-0.25, -0.2) is 0 Å². The van der Waals surface area contributed by atoms with Crippen molar-refractivity contribution >= 4 is 11.3 Å². The van der Waals surface area contributed by atoms with E-state index in [0.29, 0.717) is 22.2 Å². The van der Waals surface area contributed by atoms with Gasteiger partial charge in [0.05, 0.1) is 5.56 Å². The lowest BCUT2D eigenvalue weighted by Crippen LogP contribution is -2.01. The monoisotopic (exact) mass is 249 g/mol. The van der Waals surface area contributed by atoms with Gasteiger partial charge < -0.3 is 9.26 Å². The van der Waals surface area contributed by atoms with Crippen LogP contribution in [0, 0.1) is 11.3 Å². The van der Waals surface area contributed by atoms with Gasteiger partial charge in [-0.15, -0.1) is 11.3 Å². The highest BCUT2D eigenvalue weighted by atomic mass is 32.1. The van der Waals surface area contributed by atoms with Crippen LogP contribution >= 0.6 is 11.3 Å². The molecule has 5 nitrogen and oxygen atoms in total. The fourth-order valence-electron chi connectivity index (χ4n) is 1.48. The van der Waals surface area contributed by atoms with Crippen molar-refractivity contribution in [3.8, 4) is 16.8 Å². The Morgan fingerprint density at radius 2 is 2.47 bits per heavy atom. The van der Waals surface area contributed by atoms with E-state index in [4.69, 9.17) is 14.5 Å². The predicted molar refractivity (Wildman–Crippen MR) is 62.4 cm³/mol. The van der Waals surface area contributed by atoms with Crippen LogP contribution in [-0.2, 0) is 4.74 Å². The van der Waals surface area contributed by atoms with E-state index in [1.54, 1.807) is 13.2 Å². The summed E-state index contributed by atoms with van der Waals surface area (Å²) in [5, 5.41) is 14.6. The molecule has 0 bridgehead atoms. The first kappa shape index (κ1) is 11.8. The average molecular weight is 249 g/mol. The van der Waals surface area contributed by atoms with Gasteiger partial charge in [0.1, 0.15) is 17.1 Å². The van der Waals surface area contributed by atoms with Gasteiger partial charge in [-0.1, -0.05) is 12.1 Å². The molecule has 0 aliphatic heterocycles. The molecular formula is C11H11N3O2S. The van der Waals surface area contributed by atoms with Crippen LogP contribution in [0.25, 0.3) is 10.8 Å². The zero-order chi connectivity index (χ0) is 12.3. The summed E-state index contributed by atoms with van der Waals surface area (Å²) < 4.78 is 10.4. The Balaban J connectivity index is 2.33. The predicted octanol–water partition coefficient (Wildman–Crippen LogP) is 2.77. The fourth-order valence-corrected chi connectivity index (χ4v) is 2.24. The number of ether oxygens (including phenoxy) is 1. The molecule has 2 aromatic heterocycles. The Morgan fingerprint density at radius 1 is 1.65 bits per heavy atom. The Morgan fingerprint density at radius 3 is 3.12 bits per heavy atom. The van der Waals surface area contributed by atoms with E-state index in [1.165, 1.54) is 11.3 Å². The number of hydrogen-bond donors (Lipinski definition) is 0. The maximum atomic E-state index is 8.92. The molecule has 0 amide bonds. The molecule has 0 aliphatic rings. The second-order valence-corrected chi connectivity index (χ2v) is 4.28. The van der Waals surface area contributed by atoms with Gasteiger partial charge >= 0.3 is 0 Å². The number of thiophene rings is 1. The highest BCUT2D eigenvalue weighted by Crippen LogP contribution is 2.29. The lowest BCUT2D eigenvalue weighted by atomic mass is 10.2. The minimum Gasteiger partial charge on any atom is -0.373 e. The van der Waals surface area contributed by atoms with E-state index in [-0.39, 0.29) is 6.10 Å². The van der Waals surface area contributed by atoms with E-state index in [9.17, 15) is 0 Å². The minimum atomic E-state index is -0.169. The molecule has 17 heavy (non-hydrogen) atoms. The van der Waals surface area contributed by atoms with Crippen LogP contribution in [0.3, 0.4) is 0 Å². The first-order chi connectivity index (χ1) is 8.30. The van der Waals surface area contributed by atoms with Gasteiger partial charge in [-0.05, 0) is 17.9 Å². The molecule has 0 radical (unpaired) electrons. The second-order valence-electron chi connectivity index (χ2n) is 3.37. The van der Waals surface area contributed by atoms with Crippen LogP contribution in [0.2, 0.25) is 0 Å². The first-order valence-corrected chi connectivity index (χ1v) is 6.02. The largest absolute Gasteiger partial charge is 0.373 e. The van der Waals surface area contributed by atoms with Crippen LogP contribution in [-0.4, -0.2) is 17.3 Å². The number of methoxy groups -OCH3 is 1. The maximum absolute atomic E-state index is 8.92. The van der Waals surface area contributed by atoms with Gasteiger partial charge in [0.2, 0.25) is 5.82 Å². The Bertz CT molecular complexity index is 537. The van der Waals surface area contributed by atoms with Gasteiger partial charge in [-0.2, -0.15) is 10.2 Å². The smallest absolute Gasteiger partial charge is 0.269 e. The standard InChI is InChI=1S/C11H11N3O2S/c1-3-8(15-2)10-13-11(16-14-10)9-7(6-12)4-5-17-9/h4-5,8H,3H2,1-2H3. The van der Waals surface area contributed by atoms with E-state index in [1.807, 2.05) is 12.3 Å². The highest BCUT2D eigenvalue weighted by Gasteiger charge is 2.19. The van der Waals surface area contributed by atoms with Crippen molar-refractivity contribution in [2.75, 3.05) is 7.11 Å². The third-order valence-electron chi connectivity index (χ3n) is 2.36. The fraction of sp³-hybridized carbons (Fsp3) is 0.364. The molecule has 0 saturated carbocycles. The van der Waals surface area contributed by atoms with Crippen molar-refractivity contribution in [3.05, 3.63) is 22.8 Å². The molecule has 2 rings (SSSR count). The SMILES string of the molecule is CCC(OC)c1noc(-c2sccc2C#N)n1. The number of rotatable bonds is 4. The summed E-state index contributed by atoms with van der Waals surface area (Å²) in [6, 6.07) is 3.83. The summed E-state index contributed by atoms with van der Waals surface area (Å²) in [7, 11) is 1.61. The van der Waals surface area contributed by atoms with Crippen molar-refractivity contribution in [1.29, 1.82) is 5.26 Å². The second kappa shape index (κ2) is 5.08. The molecular weight excluding hydrogens is 238 g/mol. The molecule has 2 aromatic rings. The third kappa shape index (κ3) is 2.20. The van der Waals surface area contributed by atoms with Crippen LogP contribution < -0.4 is 0 Å². The number of nitriles is 1. The normalized spacial score (nSPS) is 12.3. The van der Waals surface area contributed by atoms with Crippen molar-refractivity contribution in [2.24, 2.45) is 0 Å². The molecule has 2 heterocycles. The van der Waals surface area contributed by atoms with Crippen molar-refractivity contribution in [1.82, 2.24) is 10.1 Å². The summed E-state index contributed by atoms with van der Waals surface area (Å²) in [6.45, 7) is 1.98. The van der Waals surface area contributed by atoms with Gasteiger partial charge in [0.25, 0.3) is 5.89 Å². The molecule has 0 aromatic carbocycles. The molecule has 0 aliphatic carbocycles. The number of hydrogen-bond acceptors (Lipinski definition) is 6. The number of aromatic nitrogens is 2. The summed E-state index contributed by atoms with van der Waals surface area (Å²) in [5.74, 6) is 0.893. The van der Waals surface area contributed by atoms with Crippen LogP contribution in [0.15, 0.2) is 16.0 Å². The zero-order valence-corrected chi connectivity index (χ0v) is 10.3. The Labute approximate surface area is 103 Å². The van der Waals surface area contributed by atoms with E-state index in [0.717, 1.165) is 6.42 Å². The Kier molecular flexibility index (Phi) is 3.52. The topological polar surface area (TPSA) is 71.9 Å². The van der Waals surface area contributed by atoms with E-state index in [2.05, 4.69) is 16.2 Å². The third-order valence-corrected chi connectivity index (χ3v) is 3.27. The molecule has 0 fully saturated rings. The van der Waals surface area contributed by atoms with Crippen molar-refractivity contribution < 1.29 is 9.26 Å². The van der Waals surface area contributed by atoms with Crippen molar-refractivity contribution in [2.45, 2.75) is 19.4 Å². The van der Waals surface area contributed by atoms with Crippen LogP contribution in [0.5, 0.6) is 0 Å². The van der Waals surface area contributed by atoms with Crippen LogP contribution in [0.4, 0.5) is 0 Å². The summed E-state index contributed by atoms with van der Waals surface area (Å²) in [5.41, 5.74) is 0.552. The van der Waals surface area contributed by atoms with Gasteiger partial charge in [0.15, 0.2) is 0 Å².